The summed E-state index contributed by atoms with van der Waals surface area (Å²) in [7, 11) is 0. The van der Waals surface area contributed by atoms with Crippen LogP contribution in [0.2, 0.25) is 0 Å². The third-order valence-electron chi connectivity index (χ3n) is 4.21. The largest absolute Gasteiger partial charge is 0.486 e. The first-order chi connectivity index (χ1) is 15.7. The van der Waals surface area contributed by atoms with Gasteiger partial charge in [-0.3, -0.25) is 25.2 Å². The molecule has 0 bridgehead atoms. The molecule has 0 unspecified atom stereocenters. The van der Waals surface area contributed by atoms with Crippen LogP contribution >= 0.6 is 0 Å². The van der Waals surface area contributed by atoms with Crippen LogP contribution in [0.25, 0.3) is 0 Å². The molecule has 0 saturated heterocycles. The van der Waals surface area contributed by atoms with Crippen molar-refractivity contribution in [2.75, 3.05) is 6.54 Å². The molecule has 172 valence electrons. The second kappa shape index (κ2) is 10.4. The summed E-state index contributed by atoms with van der Waals surface area (Å²) in [6.07, 6.45) is -4.52. The van der Waals surface area contributed by atoms with Crippen molar-refractivity contribution in [1.82, 2.24) is 16.2 Å². The molecule has 3 rings (SSSR count). The first-order valence-electron chi connectivity index (χ1n) is 9.53. The van der Waals surface area contributed by atoms with Crippen molar-refractivity contribution in [3.05, 3.63) is 89.4 Å². The minimum Gasteiger partial charge on any atom is -0.486 e. The molecule has 0 aliphatic rings. The molecule has 0 fully saturated rings. The summed E-state index contributed by atoms with van der Waals surface area (Å²) in [5, 5.41) is 2.23. The highest BCUT2D eigenvalue weighted by Crippen LogP contribution is 2.29. The summed E-state index contributed by atoms with van der Waals surface area (Å²) in [6.45, 7) is -0.423. The van der Waals surface area contributed by atoms with Crippen molar-refractivity contribution < 1.29 is 36.7 Å². The average Bonchev–Trinajstić information content (AvgIpc) is 3.29. The van der Waals surface area contributed by atoms with Crippen molar-refractivity contribution >= 4 is 17.7 Å². The van der Waals surface area contributed by atoms with E-state index in [1.54, 1.807) is 18.2 Å². The predicted molar refractivity (Wildman–Crippen MR) is 109 cm³/mol. The topological polar surface area (TPSA) is 110 Å². The smallest absolute Gasteiger partial charge is 0.416 e. The van der Waals surface area contributed by atoms with Gasteiger partial charge in [-0.05, 0) is 48.5 Å². The lowest BCUT2D eigenvalue weighted by atomic mass is 10.1. The molecular weight excluding hydrogens is 443 g/mol. The maximum Gasteiger partial charge on any atom is 0.416 e. The number of hydrazine groups is 1. The molecule has 0 atom stereocenters. The highest BCUT2D eigenvalue weighted by atomic mass is 19.4. The highest BCUT2D eigenvalue weighted by Gasteiger charge is 2.30. The Labute approximate surface area is 185 Å². The van der Waals surface area contributed by atoms with E-state index >= 15 is 0 Å². The van der Waals surface area contributed by atoms with Crippen LogP contribution in [0.3, 0.4) is 0 Å². The Morgan fingerprint density at radius 1 is 0.848 bits per heavy atom. The molecule has 33 heavy (non-hydrogen) atoms. The zero-order valence-electron chi connectivity index (χ0n) is 16.9. The molecule has 1 heterocycles. The number of ether oxygens (including phenoxy) is 1. The van der Waals surface area contributed by atoms with Gasteiger partial charge in [0.05, 0.1) is 12.1 Å². The van der Waals surface area contributed by atoms with Crippen molar-refractivity contribution in [1.29, 1.82) is 0 Å². The maximum atomic E-state index is 12.6. The van der Waals surface area contributed by atoms with Gasteiger partial charge in [0.25, 0.3) is 11.8 Å². The molecule has 3 N–H and O–H groups in total. The van der Waals surface area contributed by atoms with Gasteiger partial charge in [0, 0.05) is 5.56 Å². The first-order valence-corrected chi connectivity index (χ1v) is 9.53. The zero-order chi connectivity index (χ0) is 23.8. The van der Waals surface area contributed by atoms with Crippen molar-refractivity contribution in [2.45, 2.75) is 12.8 Å². The number of para-hydroxylation sites is 1. The number of hydrogen-bond acceptors (Lipinski definition) is 5. The lowest BCUT2D eigenvalue weighted by molar-refractivity contribution is -0.137. The first kappa shape index (κ1) is 23.4. The number of hydrogen-bond donors (Lipinski definition) is 3. The molecule has 3 aromatic rings. The summed E-state index contributed by atoms with van der Waals surface area (Å²) in [6, 6.07) is 15.5. The van der Waals surface area contributed by atoms with E-state index in [9.17, 15) is 27.6 Å². The average molecular weight is 461 g/mol. The number of carbonyl (C=O) groups is 3. The standard InChI is InChI=1S/C22H18F3N3O5/c23-22(24,25)15-8-6-14(7-9-15)20(30)26-12-19(29)27-28-21(31)18-11-10-17(33-18)13-32-16-4-2-1-3-5-16/h1-11H,12-13H2,(H,26,30)(H,27,29)(H,28,31). The third-order valence-corrected chi connectivity index (χ3v) is 4.21. The van der Waals surface area contributed by atoms with Crippen molar-refractivity contribution in [2.24, 2.45) is 0 Å². The molecule has 0 saturated carbocycles. The predicted octanol–water partition coefficient (Wildman–Crippen LogP) is 3.07. The van der Waals surface area contributed by atoms with Crippen LogP contribution in [-0.4, -0.2) is 24.3 Å². The van der Waals surface area contributed by atoms with Crippen LogP contribution in [0.4, 0.5) is 13.2 Å². The van der Waals surface area contributed by atoms with E-state index in [0.29, 0.717) is 11.5 Å². The van der Waals surface area contributed by atoms with E-state index in [-0.39, 0.29) is 17.9 Å². The van der Waals surface area contributed by atoms with Gasteiger partial charge in [0.1, 0.15) is 18.1 Å². The van der Waals surface area contributed by atoms with Crippen LogP contribution in [0.15, 0.2) is 71.1 Å². The van der Waals surface area contributed by atoms with E-state index in [1.165, 1.54) is 6.07 Å². The van der Waals surface area contributed by atoms with Crippen molar-refractivity contribution in [3.8, 4) is 5.75 Å². The Morgan fingerprint density at radius 3 is 2.21 bits per heavy atom. The van der Waals surface area contributed by atoms with Gasteiger partial charge in [-0.1, -0.05) is 18.2 Å². The fourth-order valence-electron chi connectivity index (χ4n) is 2.55. The van der Waals surface area contributed by atoms with Gasteiger partial charge < -0.3 is 14.5 Å². The normalized spacial score (nSPS) is 10.9. The van der Waals surface area contributed by atoms with Gasteiger partial charge in [-0.2, -0.15) is 13.2 Å². The quantitative estimate of drug-likeness (QED) is 0.469. The number of furan rings is 1. The molecule has 0 aliphatic carbocycles. The summed E-state index contributed by atoms with van der Waals surface area (Å²) in [5.74, 6) is -1.30. The second-order valence-corrected chi connectivity index (χ2v) is 6.63. The molecule has 1 aromatic heterocycles. The molecule has 3 amide bonds. The molecule has 11 heteroatoms. The number of amides is 3. The van der Waals surface area contributed by atoms with Gasteiger partial charge in [-0.25, -0.2) is 0 Å². The minimum atomic E-state index is -4.52. The minimum absolute atomic E-state index is 0.0549. The molecule has 0 radical (unpaired) electrons. The van der Waals surface area contributed by atoms with E-state index in [1.807, 2.05) is 18.2 Å². The van der Waals surface area contributed by atoms with Gasteiger partial charge in [-0.15, -0.1) is 0 Å². The summed E-state index contributed by atoms with van der Waals surface area (Å²) >= 11 is 0. The van der Waals surface area contributed by atoms with Crippen molar-refractivity contribution in [3.63, 3.8) is 0 Å². The molecule has 0 spiro atoms. The van der Waals surface area contributed by atoms with Gasteiger partial charge in [0.2, 0.25) is 0 Å². The van der Waals surface area contributed by atoms with Crippen LogP contribution in [0.5, 0.6) is 5.75 Å². The Balaban J connectivity index is 1.41. The van der Waals surface area contributed by atoms with Gasteiger partial charge in [0.15, 0.2) is 5.76 Å². The number of rotatable bonds is 7. The summed E-state index contributed by atoms with van der Waals surface area (Å²) < 4.78 is 48.5. The van der Waals surface area contributed by atoms with E-state index in [2.05, 4.69) is 16.2 Å². The maximum absolute atomic E-state index is 12.6. The fraction of sp³-hybridized carbons (Fsp3) is 0.136. The Bertz CT molecular complexity index is 1110. The monoisotopic (exact) mass is 461 g/mol. The zero-order valence-corrected chi connectivity index (χ0v) is 16.9. The SMILES string of the molecule is O=C(CNC(=O)c1ccc(C(F)(F)F)cc1)NNC(=O)c1ccc(COc2ccccc2)o1. The molecule has 0 aliphatic heterocycles. The summed E-state index contributed by atoms with van der Waals surface area (Å²) in [4.78, 5) is 35.8. The Hall–Kier alpha value is -4.28. The lowest BCUT2D eigenvalue weighted by Crippen LogP contribution is -2.46. The number of nitrogens with one attached hydrogen (secondary N) is 3. The fourth-order valence-corrected chi connectivity index (χ4v) is 2.55. The van der Waals surface area contributed by atoms with Gasteiger partial charge >= 0.3 is 12.1 Å². The Kier molecular flexibility index (Phi) is 7.34. The van der Waals surface area contributed by atoms with Crippen LogP contribution in [-0.2, 0) is 17.6 Å². The highest BCUT2D eigenvalue weighted by molar-refractivity contribution is 5.97. The van der Waals surface area contributed by atoms with E-state index in [0.717, 1.165) is 24.3 Å². The number of alkyl halides is 3. The Morgan fingerprint density at radius 2 is 1.55 bits per heavy atom. The number of halogens is 3. The van der Waals surface area contributed by atoms with Crippen LogP contribution in [0.1, 0.15) is 32.2 Å². The van der Waals surface area contributed by atoms with Crippen LogP contribution < -0.4 is 20.9 Å². The molecule has 8 nitrogen and oxygen atoms in total. The second-order valence-electron chi connectivity index (χ2n) is 6.63. The van der Waals surface area contributed by atoms with E-state index in [4.69, 9.17) is 9.15 Å². The number of benzene rings is 2. The molecule has 2 aromatic carbocycles. The third kappa shape index (κ3) is 6.86. The van der Waals surface area contributed by atoms with Crippen LogP contribution in [0, 0.1) is 0 Å². The summed E-state index contributed by atoms with van der Waals surface area (Å²) in [5.41, 5.74) is 3.26. The molecular formula is C22H18F3N3O5. The van der Waals surface area contributed by atoms with E-state index < -0.39 is 36.0 Å². The lowest BCUT2D eigenvalue weighted by Gasteiger charge is -2.09. The number of carbonyl (C=O) groups excluding carboxylic acids is 3.